The molecule has 1 aliphatic rings. The van der Waals surface area contributed by atoms with Crippen LogP contribution in [0.15, 0.2) is 24.3 Å². The molecule has 1 heterocycles. The Labute approximate surface area is 125 Å². The van der Waals surface area contributed by atoms with Gasteiger partial charge in [-0.2, -0.15) is 0 Å². The van der Waals surface area contributed by atoms with Gasteiger partial charge in [-0.15, -0.1) is 0 Å². The second-order valence-corrected chi connectivity index (χ2v) is 5.13. The lowest BCUT2D eigenvalue weighted by Crippen LogP contribution is -2.38. The molecule has 1 aliphatic heterocycles. The Kier molecular flexibility index (Phi) is 5.33. The minimum absolute atomic E-state index is 0.117. The number of hydrogen-bond acceptors (Lipinski definition) is 3. The summed E-state index contributed by atoms with van der Waals surface area (Å²) in [6, 6.07) is 7.94. The molecule has 1 saturated heterocycles. The van der Waals surface area contributed by atoms with Crippen LogP contribution in [0.5, 0.6) is 0 Å². The van der Waals surface area contributed by atoms with E-state index in [2.05, 4.69) is 12.2 Å². The molecule has 1 N–H and O–H groups in total. The molecule has 0 aliphatic carbocycles. The Morgan fingerprint density at radius 1 is 1.38 bits per heavy atom. The minimum atomic E-state index is -0.576. The van der Waals surface area contributed by atoms with E-state index in [1.54, 1.807) is 12.0 Å². The van der Waals surface area contributed by atoms with Gasteiger partial charge >= 0.3 is 0 Å². The summed E-state index contributed by atoms with van der Waals surface area (Å²) < 4.78 is 4.88. The van der Waals surface area contributed by atoms with Crippen molar-refractivity contribution in [3.05, 3.63) is 29.8 Å². The molecule has 0 aromatic heterocycles. The zero-order valence-corrected chi connectivity index (χ0v) is 12.6. The highest BCUT2D eigenvalue weighted by Gasteiger charge is 2.37. The highest BCUT2D eigenvalue weighted by atomic mass is 16.5. The van der Waals surface area contributed by atoms with E-state index in [-0.39, 0.29) is 11.8 Å². The molecule has 1 aromatic carbocycles. The fraction of sp³-hybridized carbons (Fsp3) is 0.500. The van der Waals surface area contributed by atoms with E-state index in [9.17, 15) is 9.59 Å². The minimum Gasteiger partial charge on any atom is -0.383 e. The van der Waals surface area contributed by atoms with Gasteiger partial charge in [0, 0.05) is 25.9 Å². The van der Waals surface area contributed by atoms with Crippen molar-refractivity contribution in [2.75, 3.05) is 31.7 Å². The highest BCUT2D eigenvalue weighted by Crippen LogP contribution is 2.25. The molecule has 2 amide bonds. The number of nitrogens with zero attached hydrogens (tertiary/aromatic N) is 1. The number of rotatable bonds is 6. The van der Waals surface area contributed by atoms with Crippen LogP contribution in [0, 0.1) is 5.92 Å². The lowest BCUT2D eigenvalue weighted by atomic mass is 10.1. The third kappa shape index (κ3) is 3.61. The first-order valence-corrected chi connectivity index (χ1v) is 7.34. The van der Waals surface area contributed by atoms with E-state index in [0.717, 1.165) is 12.1 Å². The van der Waals surface area contributed by atoms with Gasteiger partial charge in [-0.05, 0) is 30.5 Å². The molecule has 1 atom stereocenters. The number of anilines is 1. The number of aryl methyl sites for hydroxylation is 1. The highest BCUT2D eigenvalue weighted by molar-refractivity contribution is 6.09. The number of hydrogen-bond donors (Lipinski definition) is 1. The van der Waals surface area contributed by atoms with E-state index in [1.807, 2.05) is 24.3 Å². The van der Waals surface area contributed by atoms with Crippen LogP contribution in [0.2, 0.25) is 0 Å². The summed E-state index contributed by atoms with van der Waals surface area (Å²) in [6.07, 6.45) is 1.53. The first-order chi connectivity index (χ1) is 10.2. The second-order valence-electron chi connectivity index (χ2n) is 5.13. The molecule has 1 aromatic rings. The first kappa shape index (κ1) is 15.5. The number of carbonyl (C=O) groups is 2. The van der Waals surface area contributed by atoms with E-state index < -0.39 is 5.92 Å². The summed E-state index contributed by atoms with van der Waals surface area (Å²) in [4.78, 5) is 26.1. The van der Waals surface area contributed by atoms with Crippen LogP contribution in [0.25, 0.3) is 0 Å². The third-order valence-electron chi connectivity index (χ3n) is 3.78. The molecular formula is C16H22N2O3. The summed E-state index contributed by atoms with van der Waals surface area (Å²) in [5.41, 5.74) is 2.10. The standard InChI is InChI=1S/C16H22N2O3/c1-3-12-4-6-13(7-5-12)18-10-8-14(16(18)20)15(19)17-9-11-21-2/h4-7,14H,3,8-11H2,1-2H3,(H,17,19). The van der Waals surface area contributed by atoms with Crippen molar-refractivity contribution >= 4 is 17.5 Å². The monoisotopic (exact) mass is 290 g/mol. The van der Waals surface area contributed by atoms with Crippen molar-refractivity contribution in [3.8, 4) is 0 Å². The van der Waals surface area contributed by atoms with Crippen molar-refractivity contribution in [2.45, 2.75) is 19.8 Å². The van der Waals surface area contributed by atoms with E-state index in [0.29, 0.717) is 26.1 Å². The fourth-order valence-electron chi connectivity index (χ4n) is 2.49. The predicted molar refractivity (Wildman–Crippen MR) is 81.2 cm³/mol. The smallest absolute Gasteiger partial charge is 0.239 e. The van der Waals surface area contributed by atoms with Crippen LogP contribution in [-0.4, -0.2) is 38.6 Å². The average Bonchev–Trinajstić information content (AvgIpc) is 2.89. The maximum Gasteiger partial charge on any atom is 0.239 e. The maximum absolute atomic E-state index is 12.4. The first-order valence-electron chi connectivity index (χ1n) is 7.34. The summed E-state index contributed by atoms with van der Waals surface area (Å²) >= 11 is 0. The molecule has 21 heavy (non-hydrogen) atoms. The lowest BCUT2D eigenvalue weighted by molar-refractivity contribution is -0.132. The fourth-order valence-corrected chi connectivity index (χ4v) is 2.49. The van der Waals surface area contributed by atoms with Gasteiger partial charge < -0.3 is 15.0 Å². The van der Waals surface area contributed by atoms with Crippen LogP contribution in [-0.2, 0) is 20.7 Å². The van der Waals surface area contributed by atoms with Gasteiger partial charge in [-0.1, -0.05) is 19.1 Å². The number of nitrogens with one attached hydrogen (secondary N) is 1. The number of amides is 2. The molecule has 5 nitrogen and oxygen atoms in total. The topological polar surface area (TPSA) is 58.6 Å². The Morgan fingerprint density at radius 3 is 2.71 bits per heavy atom. The molecule has 0 radical (unpaired) electrons. The molecule has 1 unspecified atom stereocenters. The molecular weight excluding hydrogens is 268 g/mol. The molecule has 0 spiro atoms. The molecule has 0 saturated carbocycles. The van der Waals surface area contributed by atoms with Crippen LogP contribution < -0.4 is 10.2 Å². The van der Waals surface area contributed by atoms with Gasteiger partial charge in [-0.25, -0.2) is 0 Å². The normalized spacial score (nSPS) is 18.1. The van der Waals surface area contributed by atoms with E-state index >= 15 is 0 Å². The van der Waals surface area contributed by atoms with Crippen LogP contribution in [0.1, 0.15) is 18.9 Å². The van der Waals surface area contributed by atoms with E-state index in [4.69, 9.17) is 4.74 Å². The number of ether oxygens (including phenoxy) is 1. The molecule has 1 fully saturated rings. The summed E-state index contributed by atoms with van der Waals surface area (Å²) in [7, 11) is 1.58. The zero-order valence-electron chi connectivity index (χ0n) is 12.6. The number of carbonyl (C=O) groups excluding carboxylic acids is 2. The Bertz CT molecular complexity index is 499. The molecule has 0 bridgehead atoms. The van der Waals surface area contributed by atoms with Crippen molar-refractivity contribution in [3.63, 3.8) is 0 Å². The largest absolute Gasteiger partial charge is 0.383 e. The number of benzene rings is 1. The zero-order chi connectivity index (χ0) is 15.2. The van der Waals surface area contributed by atoms with Crippen LogP contribution >= 0.6 is 0 Å². The van der Waals surface area contributed by atoms with Gasteiger partial charge in [-0.3, -0.25) is 9.59 Å². The summed E-state index contributed by atoms with van der Waals surface area (Å²) in [5, 5.41) is 2.73. The molecule has 114 valence electrons. The van der Waals surface area contributed by atoms with Crippen LogP contribution in [0.3, 0.4) is 0 Å². The lowest BCUT2D eigenvalue weighted by Gasteiger charge is -2.17. The predicted octanol–water partition coefficient (Wildman–Crippen LogP) is 1.36. The van der Waals surface area contributed by atoms with Crippen molar-refractivity contribution in [1.29, 1.82) is 0 Å². The quantitative estimate of drug-likeness (QED) is 0.636. The van der Waals surface area contributed by atoms with Gasteiger partial charge in [0.15, 0.2) is 0 Å². The van der Waals surface area contributed by atoms with Crippen molar-refractivity contribution < 1.29 is 14.3 Å². The third-order valence-corrected chi connectivity index (χ3v) is 3.78. The van der Waals surface area contributed by atoms with Gasteiger partial charge in [0.2, 0.25) is 11.8 Å². The Balaban J connectivity index is 1.98. The average molecular weight is 290 g/mol. The van der Waals surface area contributed by atoms with Gasteiger partial charge in [0.05, 0.1) is 6.61 Å². The maximum atomic E-state index is 12.4. The number of methoxy groups -OCH3 is 1. The molecule has 5 heteroatoms. The summed E-state index contributed by atoms with van der Waals surface area (Å²) in [6.45, 7) is 3.57. The Hall–Kier alpha value is -1.88. The summed E-state index contributed by atoms with van der Waals surface area (Å²) in [5.74, 6) is -0.897. The molecule has 2 rings (SSSR count). The van der Waals surface area contributed by atoms with E-state index in [1.165, 1.54) is 5.56 Å². The van der Waals surface area contributed by atoms with Gasteiger partial charge in [0.1, 0.15) is 5.92 Å². The SMILES string of the molecule is CCc1ccc(N2CCC(C(=O)NCCOC)C2=O)cc1. The second kappa shape index (κ2) is 7.22. The van der Waals surface area contributed by atoms with Crippen molar-refractivity contribution in [2.24, 2.45) is 5.92 Å². The van der Waals surface area contributed by atoms with Crippen molar-refractivity contribution in [1.82, 2.24) is 5.32 Å². The van der Waals surface area contributed by atoms with Gasteiger partial charge in [0.25, 0.3) is 0 Å². The Morgan fingerprint density at radius 2 is 2.10 bits per heavy atom. The van der Waals surface area contributed by atoms with Crippen LogP contribution in [0.4, 0.5) is 5.69 Å².